The largest absolute Gasteiger partial charge is 0.492 e. The van der Waals surface area contributed by atoms with Gasteiger partial charge in [-0.05, 0) is 62.1 Å². The number of aromatic nitrogens is 2. The molecule has 2 aromatic carbocycles. The summed E-state index contributed by atoms with van der Waals surface area (Å²) in [4.78, 5) is 18.9. The number of carbonyl (C=O) groups excluding carboxylic acids is 1. The molecular weight excluding hydrogens is 350 g/mol. The molecule has 0 bridgehead atoms. The molecular formula is C23H27N3O2. The van der Waals surface area contributed by atoms with Gasteiger partial charge in [0.2, 0.25) is 5.91 Å². The van der Waals surface area contributed by atoms with Crippen molar-refractivity contribution in [1.29, 1.82) is 0 Å². The highest BCUT2D eigenvalue weighted by Crippen LogP contribution is 2.33. The maximum atomic E-state index is 12.1. The molecule has 1 amide bonds. The van der Waals surface area contributed by atoms with Crippen LogP contribution < -0.4 is 4.74 Å². The third-order valence-corrected chi connectivity index (χ3v) is 5.42. The summed E-state index contributed by atoms with van der Waals surface area (Å²) < 4.78 is 8.28. The Bertz CT molecular complexity index is 988. The molecule has 3 aromatic rings. The van der Waals surface area contributed by atoms with Crippen LogP contribution in [0.1, 0.15) is 42.8 Å². The van der Waals surface area contributed by atoms with Crippen molar-refractivity contribution in [3.8, 4) is 5.75 Å². The van der Waals surface area contributed by atoms with E-state index in [1.807, 2.05) is 23.1 Å². The van der Waals surface area contributed by atoms with Gasteiger partial charge in [0.05, 0.1) is 23.6 Å². The number of hydrogen-bond acceptors (Lipinski definition) is 3. The molecule has 0 radical (unpaired) electrons. The predicted octanol–water partition coefficient (Wildman–Crippen LogP) is 4.42. The van der Waals surface area contributed by atoms with Crippen LogP contribution in [-0.2, 0) is 11.3 Å². The molecule has 0 N–H and O–H groups in total. The van der Waals surface area contributed by atoms with E-state index in [0.29, 0.717) is 13.2 Å². The van der Waals surface area contributed by atoms with E-state index in [2.05, 4.69) is 42.7 Å². The zero-order chi connectivity index (χ0) is 19.7. The zero-order valence-corrected chi connectivity index (χ0v) is 16.8. The first-order valence-corrected chi connectivity index (χ1v) is 9.96. The Hall–Kier alpha value is -2.82. The normalized spacial score (nSPS) is 16.7. The lowest BCUT2D eigenvalue weighted by Crippen LogP contribution is -2.30. The molecule has 1 unspecified atom stereocenters. The van der Waals surface area contributed by atoms with Crippen molar-refractivity contribution in [2.75, 3.05) is 13.2 Å². The van der Waals surface area contributed by atoms with Crippen LogP contribution in [0.2, 0.25) is 0 Å². The molecule has 4 rings (SSSR count). The summed E-state index contributed by atoms with van der Waals surface area (Å²) in [6, 6.07) is 14.5. The first kappa shape index (κ1) is 18.5. The topological polar surface area (TPSA) is 47.4 Å². The van der Waals surface area contributed by atoms with Crippen LogP contribution in [0.5, 0.6) is 5.75 Å². The number of benzene rings is 2. The highest BCUT2D eigenvalue weighted by Gasteiger charge is 2.32. The van der Waals surface area contributed by atoms with Crippen LogP contribution in [0.25, 0.3) is 11.0 Å². The fourth-order valence-corrected chi connectivity index (χ4v) is 4.27. The van der Waals surface area contributed by atoms with Gasteiger partial charge >= 0.3 is 0 Å². The number of likely N-dealkylation sites (tertiary alicyclic amines) is 1. The minimum atomic E-state index is 0.0473. The number of rotatable bonds is 5. The molecule has 1 saturated heterocycles. The first-order chi connectivity index (χ1) is 13.5. The van der Waals surface area contributed by atoms with Crippen LogP contribution in [0.3, 0.4) is 0 Å². The van der Waals surface area contributed by atoms with E-state index in [1.54, 1.807) is 6.92 Å². The average Bonchev–Trinajstić information content (AvgIpc) is 3.26. The van der Waals surface area contributed by atoms with Gasteiger partial charge < -0.3 is 14.2 Å². The van der Waals surface area contributed by atoms with E-state index < -0.39 is 0 Å². The van der Waals surface area contributed by atoms with Crippen LogP contribution in [-0.4, -0.2) is 33.5 Å². The number of nitrogens with zero attached hydrogens (tertiary/aromatic N) is 3. The van der Waals surface area contributed by atoms with E-state index in [-0.39, 0.29) is 11.9 Å². The molecule has 0 saturated carbocycles. The summed E-state index contributed by atoms with van der Waals surface area (Å²) >= 11 is 0. The van der Waals surface area contributed by atoms with Gasteiger partial charge in [-0.1, -0.05) is 18.2 Å². The average molecular weight is 377 g/mol. The highest BCUT2D eigenvalue weighted by atomic mass is 16.5. The van der Waals surface area contributed by atoms with Gasteiger partial charge in [-0.2, -0.15) is 0 Å². The zero-order valence-electron chi connectivity index (χ0n) is 16.8. The molecule has 28 heavy (non-hydrogen) atoms. The van der Waals surface area contributed by atoms with Crippen LogP contribution in [0, 0.1) is 13.8 Å². The number of fused-ring (bicyclic) bond motifs is 1. The monoisotopic (exact) mass is 377 g/mol. The molecule has 1 aliphatic heterocycles. The SMILES string of the molecule is CC(=O)N1CCCC1c1nc2ccccc2n1CCOc1cc(C)cc(C)c1. The van der Waals surface area contributed by atoms with Crippen LogP contribution >= 0.6 is 0 Å². The van der Waals surface area contributed by atoms with Gasteiger partial charge in [0, 0.05) is 13.5 Å². The summed E-state index contributed by atoms with van der Waals surface area (Å²) in [5, 5.41) is 0. The summed E-state index contributed by atoms with van der Waals surface area (Å²) in [5.74, 6) is 1.99. The molecule has 0 spiro atoms. The smallest absolute Gasteiger partial charge is 0.220 e. The van der Waals surface area contributed by atoms with Crippen molar-refractivity contribution in [2.24, 2.45) is 0 Å². The number of hydrogen-bond donors (Lipinski definition) is 0. The maximum Gasteiger partial charge on any atom is 0.220 e. The Morgan fingerprint density at radius 1 is 1.18 bits per heavy atom. The van der Waals surface area contributed by atoms with E-state index in [4.69, 9.17) is 9.72 Å². The number of amides is 1. The molecule has 0 aliphatic carbocycles. The summed E-state index contributed by atoms with van der Waals surface area (Å²) in [6.07, 6.45) is 1.98. The standard InChI is InChI=1S/C23H27N3O2/c1-16-13-17(2)15-19(14-16)28-12-11-26-21-8-5-4-7-20(21)24-23(26)22-9-6-10-25(22)18(3)27/h4-5,7-8,13-15,22H,6,9-12H2,1-3H3. The van der Waals surface area contributed by atoms with Crippen LogP contribution in [0.4, 0.5) is 0 Å². The third-order valence-electron chi connectivity index (χ3n) is 5.42. The second-order valence-corrected chi connectivity index (χ2v) is 7.65. The van der Waals surface area contributed by atoms with Crippen molar-refractivity contribution in [3.63, 3.8) is 0 Å². The second kappa shape index (κ2) is 7.66. The van der Waals surface area contributed by atoms with Gasteiger partial charge in [-0.15, -0.1) is 0 Å². The van der Waals surface area contributed by atoms with Crippen molar-refractivity contribution in [1.82, 2.24) is 14.5 Å². The lowest BCUT2D eigenvalue weighted by Gasteiger charge is -2.24. The molecule has 146 valence electrons. The number of aryl methyl sites for hydroxylation is 2. The second-order valence-electron chi connectivity index (χ2n) is 7.65. The van der Waals surface area contributed by atoms with Gasteiger partial charge in [0.1, 0.15) is 18.2 Å². The van der Waals surface area contributed by atoms with Gasteiger partial charge in [0.25, 0.3) is 0 Å². The molecule has 1 atom stereocenters. The summed E-state index contributed by atoms with van der Waals surface area (Å²) in [7, 11) is 0. The van der Waals surface area contributed by atoms with Crippen molar-refractivity contribution in [3.05, 3.63) is 59.4 Å². The third kappa shape index (κ3) is 3.61. The van der Waals surface area contributed by atoms with Gasteiger partial charge in [-0.3, -0.25) is 4.79 Å². The molecule has 5 heteroatoms. The van der Waals surface area contributed by atoms with E-state index >= 15 is 0 Å². The van der Waals surface area contributed by atoms with E-state index in [1.165, 1.54) is 11.1 Å². The van der Waals surface area contributed by atoms with E-state index in [9.17, 15) is 4.79 Å². The predicted molar refractivity (Wildman–Crippen MR) is 111 cm³/mol. The van der Waals surface area contributed by atoms with Gasteiger partial charge in [-0.25, -0.2) is 4.98 Å². The highest BCUT2D eigenvalue weighted by molar-refractivity contribution is 5.77. The lowest BCUT2D eigenvalue weighted by molar-refractivity contribution is -0.129. The Morgan fingerprint density at radius 2 is 1.93 bits per heavy atom. The number of ether oxygens (including phenoxy) is 1. The molecule has 5 nitrogen and oxygen atoms in total. The molecule has 1 fully saturated rings. The van der Waals surface area contributed by atoms with Crippen molar-refractivity contribution >= 4 is 16.9 Å². The minimum absolute atomic E-state index is 0.0473. The van der Waals surface area contributed by atoms with Crippen molar-refractivity contribution in [2.45, 2.75) is 46.2 Å². The summed E-state index contributed by atoms with van der Waals surface area (Å²) in [6.45, 7) is 7.88. The molecule has 1 aliphatic rings. The molecule has 1 aromatic heterocycles. The quantitative estimate of drug-likeness (QED) is 0.661. The lowest BCUT2D eigenvalue weighted by atomic mass is 10.1. The Labute approximate surface area is 165 Å². The Morgan fingerprint density at radius 3 is 2.68 bits per heavy atom. The number of carbonyl (C=O) groups is 1. The van der Waals surface area contributed by atoms with Gasteiger partial charge in [0.15, 0.2) is 0 Å². The number of imidazole rings is 1. The minimum Gasteiger partial charge on any atom is -0.492 e. The summed E-state index contributed by atoms with van der Waals surface area (Å²) in [5.41, 5.74) is 4.47. The fraction of sp³-hybridized carbons (Fsp3) is 0.391. The maximum absolute atomic E-state index is 12.1. The van der Waals surface area contributed by atoms with Crippen LogP contribution in [0.15, 0.2) is 42.5 Å². The Balaban J connectivity index is 1.61. The Kier molecular flexibility index (Phi) is 5.07. The number of para-hydroxylation sites is 2. The fourth-order valence-electron chi connectivity index (χ4n) is 4.27. The first-order valence-electron chi connectivity index (χ1n) is 9.96. The van der Waals surface area contributed by atoms with E-state index in [0.717, 1.165) is 42.0 Å². The molecule has 2 heterocycles. The van der Waals surface area contributed by atoms with Crippen molar-refractivity contribution < 1.29 is 9.53 Å².